The molecule has 0 aliphatic rings. The number of hydrogen-bond acceptors (Lipinski definition) is 2. The van der Waals surface area contributed by atoms with Crippen LogP contribution in [0.5, 0.6) is 5.75 Å². The Balaban J connectivity index is 1.51. The quantitative estimate of drug-likeness (QED) is 0.729. The average molecular weight is 291 g/mol. The molecule has 1 N–H and O–H groups in total. The van der Waals surface area contributed by atoms with Gasteiger partial charge in [-0.05, 0) is 35.0 Å². The summed E-state index contributed by atoms with van der Waals surface area (Å²) in [7, 11) is 0. The van der Waals surface area contributed by atoms with Crippen LogP contribution in [-0.4, -0.2) is 19.1 Å². The molecule has 0 aromatic heterocycles. The first kappa shape index (κ1) is 14.1. The predicted octanol–water partition coefficient (Wildman–Crippen LogP) is 3.65. The topological polar surface area (TPSA) is 38.3 Å². The van der Waals surface area contributed by atoms with E-state index in [0.717, 1.165) is 11.1 Å². The zero-order chi connectivity index (χ0) is 15.2. The minimum atomic E-state index is -0.0808. The fourth-order valence-corrected chi connectivity index (χ4v) is 2.28. The Labute approximate surface area is 129 Å². The third kappa shape index (κ3) is 3.44. The second-order valence-electron chi connectivity index (χ2n) is 4.98. The molecule has 0 spiro atoms. The van der Waals surface area contributed by atoms with Gasteiger partial charge in [0, 0.05) is 5.56 Å². The monoisotopic (exact) mass is 291 g/mol. The lowest BCUT2D eigenvalue weighted by atomic mass is 10.1. The zero-order valence-corrected chi connectivity index (χ0v) is 12.2. The van der Waals surface area contributed by atoms with Crippen molar-refractivity contribution in [2.45, 2.75) is 0 Å². The van der Waals surface area contributed by atoms with E-state index in [1.165, 1.54) is 5.39 Å². The van der Waals surface area contributed by atoms with Crippen molar-refractivity contribution in [3.63, 3.8) is 0 Å². The van der Waals surface area contributed by atoms with Gasteiger partial charge in [-0.3, -0.25) is 4.79 Å². The summed E-state index contributed by atoms with van der Waals surface area (Å²) in [6.45, 7) is 0.914. The summed E-state index contributed by atoms with van der Waals surface area (Å²) in [6.07, 6.45) is 0. The molecule has 0 heterocycles. The molecule has 0 radical (unpaired) electrons. The fourth-order valence-electron chi connectivity index (χ4n) is 2.28. The number of amides is 1. The highest BCUT2D eigenvalue weighted by atomic mass is 16.5. The Kier molecular flexibility index (Phi) is 4.35. The first-order chi connectivity index (χ1) is 10.8. The van der Waals surface area contributed by atoms with Gasteiger partial charge in [-0.1, -0.05) is 48.5 Å². The molecule has 3 nitrogen and oxygen atoms in total. The molecule has 3 heteroatoms. The summed E-state index contributed by atoms with van der Waals surface area (Å²) in [5.74, 6) is 0.732. The van der Waals surface area contributed by atoms with Crippen LogP contribution in [0.3, 0.4) is 0 Å². The number of carbonyl (C=O) groups excluding carboxylic acids is 1. The van der Waals surface area contributed by atoms with Crippen LogP contribution in [0.15, 0.2) is 72.8 Å². The molecule has 0 saturated heterocycles. The van der Waals surface area contributed by atoms with Crippen molar-refractivity contribution in [3.8, 4) is 5.75 Å². The van der Waals surface area contributed by atoms with Gasteiger partial charge in [0.15, 0.2) is 0 Å². The lowest BCUT2D eigenvalue weighted by Crippen LogP contribution is -2.27. The largest absolute Gasteiger partial charge is 0.492 e. The van der Waals surface area contributed by atoms with E-state index >= 15 is 0 Å². The number of hydrogen-bond donors (Lipinski definition) is 1. The van der Waals surface area contributed by atoms with Crippen molar-refractivity contribution in [3.05, 3.63) is 78.4 Å². The van der Waals surface area contributed by atoms with Crippen molar-refractivity contribution >= 4 is 16.7 Å². The number of carbonyl (C=O) groups is 1. The Morgan fingerprint density at radius 3 is 2.41 bits per heavy atom. The predicted molar refractivity (Wildman–Crippen MR) is 88.2 cm³/mol. The molecule has 3 aromatic carbocycles. The molecule has 0 aliphatic heterocycles. The van der Waals surface area contributed by atoms with Gasteiger partial charge in [0.1, 0.15) is 12.4 Å². The molecule has 0 fully saturated rings. The van der Waals surface area contributed by atoms with Crippen LogP contribution >= 0.6 is 0 Å². The summed E-state index contributed by atoms with van der Waals surface area (Å²) in [5, 5.41) is 5.18. The molecular formula is C19H17NO2. The van der Waals surface area contributed by atoms with Crippen molar-refractivity contribution in [1.29, 1.82) is 0 Å². The Bertz CT molecular complexity index is 769. The Morgan fingerprint density at radius 1 is 0.864 bits per heavy atom. The lowest BCUT2D eigenvalue weighted by molar-refractivity contribution is 0.0947. The maximum Gasteiger partial charge on any atom is 0.251 e. The van der Waals surface area contributed by atoms with Gasteiger partial charge in [0.25, 0.3) is 5.91 Å². The molecule has 1 amide bonds. The first-order valence-corrected chi connectivity index (χ1v) is 7.28. The van der Waals surface area contributed by atoms with Gasteiger partial charge in [0.05, 0.1) is 6.54 Å². The average Bonchev–Trinajstić information content (AvgIpc) is 2.59. The third-order valence-corrected chi connectivity index (χ3v) is 3.41. The molecule has 0 unspecified atom stereocenters. The minimum absolute atomic E-state index is 0.0808. The van der Waals surface area contributed by atoms with Gasteiger partial charge in [0.2, 0.25) is 0 Å². The molecule has 0 aliphatic carbocycles. The first-order valence-electron chi connectivity index (χ1n) is 7.28. The number of rotatable bonds is 5. The van der Waals surface area contributed by atoms with Crippen LogP contribution < -0.4 is 10.1 Å². The molecule has 0 atom stereocenters. The van der Waals surface area contributed by atoms with E-state index in [1.807, 2.05) is 48.5 Å². The van der Waals surface area contributed by atoms with E-state index in [2.05, 4.69) is 17.4 Å². The Morgan fingerprint density at radius 2 is 1.59 bits per heavy atom. The normalized spacial score (nSPS) is 10.4. The van der Waals surface area contributed by atoms with Crippen LogP contribution in [0.4, 0.5) is 0 Å². The van der Waals surface area contributed by atoms with E-state index < -0.39 is 0 Å². The molecule has 110 valence electrons. The Hall–Kier alpha value is -2.81. The number of nitrogens with one attached hydrogen (secondary N) is 1. The lowest BCUT2D eigenvalue weighted by Gasteiger charge is -2.08. The van der Waals surface area contributed by atoms with Gasteiger partial charge < -0.3 is 10.1 Å². The number of ether oxygens (including phenoxy) is 1. The standard InChI is InChI=1S/C19H17NO2/c21-19(16-7-2-1-3-8-16)20-12-13-22-18-11-10-15-6-4-5-9-17(15)14-18/h1-11,14H,12-13H2,(H,20,21). The fraction of sp³-hybridized carbons (Fsp3) is 0.105. The summed E-state index contributed by atoms with van der Waals surface area (Å²) in [4.78, 5) is 11.9. The van der Waals surface area contributed by atoms with Crippen molar-refractivity contribution < 1.29 is 9.53 Å². The van der Waals surface area contributed by atoms with Crippen molar-refractivity contribution in [2.75, 3.05) is 13.2 Å². The van der Waals surface area contributed by atoms with Gasteiger partial charge in [-0.25, -0.2) is 0 Å². The van der Waals surface area contributed by atoms with Crippen molar-refractivity contribution in [1.82, 2.24) is 5.32 Å². The highest BCUT2D eigenvalue weighted by Gasteiger charge is 2.03. The van der Waals surface area contributed by atoms with Crippen LogP contribution in [0, 0.1) is 0 Å². The van der Waals surface area contributed by atoms with Gasteiger partial charge in [-0.2, -0.15) is 0 Å². The number of benzene rings is 3. The molecule has 22 heavy (non-hydrogen) atoms. The smallest absolute Gasteiger partial charge is 0.251 e. The highest BCUT2D eigenvalue weighted by Crippen LogP contribution is 2.20. The van der Waals surface area contributed by atoms with E-state index in [0.29, 0.717) is 18.7 Å². The molecular weight excluding hydrogens is 274 g/mol. The minimum Gasteiger partial charge on any atom is -0.492 e. The highest BCUT2D eigenvalue weighted by molar-refractivity contribution is 5.94. The van der Waals surface area contributed by atoms with Crippen LogP contribution in [0.1, 0.15) is 10.4 Å². The van der Waals surface area contributed by atoms with Crippen LogP contribution in [0.2, 0.25) is 0 Å². The van der Waals surface area contributed by atoms with E-state index in [9.17, 15) is 4.79 Å². The SMILES string of the molecule is O=C(NCCOc1ccc2ccccc2c1)c1ccccc1. The van der Waals surface area contributed by atoms with Gasteiger partial charge in [-0.15, -0.1) is 0 Å². The zero-order valence-electron chi connectivity index (χ0n) is 12.2. The van der Waals surface area contributed by atoms with E-state index in [-0.39, 0.29) is 5.91 Å². The van der Waals surface area contributed by atoms with E-state index in [4.69, 9.17) is 4.74 Å². The second-order valence-corrected chi connectivity index (χ2v) is 4.98. The molecule has 3 aromatic rings. The van der Waals surface area contributed by atoms with E-state index in [1.54, 1.807) is 12.1 Å². The van der Waals surface area contributed by atoms with Gasteiger partial charge >= 0.3 is 0 Å². The molecule has 0 bridgehead atoms. The second kappa shape index (κ2) is 6.76. The summed E-state index contributed by atoms with van der Waals surface area (Å²) in [6, 6.07) is 23.3. The maximum absolute atomic E-state index is 11.9. The summed E-state index contributed by atoms with van der Waals surface area (Å²) in [5.41, 5.74) is 0.660. The molecule has 0 saturated carbocycles. The van der Waals surface area contributed by atoms with Crippen molar-refractivity contribution in [2.24, 2.45) is 0 Å². The summed E-state index contributed by atoms with van der Waals surface area (Å²) >= 11 is 0. The van der Waals surface area contributed by atoms with Crippen LogP contribution in [-0.2, 0) is 0 Å². The third-order valence-electron chi connectivity index (χ3n) is 3.41. The number of fused-ring (bicyclic) bond motifs is 1. The maximum atomic E-state index is 11.9. The van der Waals surface area contributed by atoms with Crippen LogP contribution in [0.25, 0.3) is 10.8 Å². The summed E-state index contributed by atoms with van der Waals surface area (Å²) < 4.78 is 5.69. The molecule has 3 rings (SSSR count).